The normalized spacial score (nSPS) is 27.8. The Hall–Kier alpha value is -1.92. The lowest BCUT2D eigenvalue weighted by atomic mass is 10.1. The largest absolute Gasteiger partial charge is 0.351 e. The van der Waals surface area contributed by atoms with Gasteiger partial charge in [0.05, 0.1) is 11.6 Å². The van der Waals surface area contributed by atoms with Crippen LogP contribution in [0.15, 0.2) is 6.07 Å². The predicted octanol–water partition coefficient (Wildman–Crippen LogP) is 1.61. The van der Waals surface area contributed by atoms with Crippen molar-refractivity contribution in [3.63, 3.8) is 0 Å². The van der Waals surface area contributed by atoms with Crippen LogP contribution in [-0.2, 0) is 4.79 Å². The number of hydrogen-bond acceptors (Lipinski definition) is 3. The number of hydrogen-bond donors (Lipinski definition) is 2. The summed E-state index contributed by atoms with van der Waals surface area (Å²) in [5, 5.41) is 9.85. The summed E-state index contributed by atoms with van der Waals surface area (Å²) < 4.78 is 12.9. The molecule has 2 N–H and O–H groups in total. The van der Waals surface area contributed by atoms with E-state index in [4.69, 9.17) is 0 Å². The van der Waals surface area contributed by atoms with Crippen molar-refractivity contribution in [3.05, 3.63) is 17.5 Å². The molecule has 4 atom stereocenters. The molecule has 1 saturated carbocycles. The molecule has 1 saturated heterocycles. The predicted molar refractivity (Wildman–Crippen MR) is 82.7 cm³/mol. The van der Waals surface area contributed by atoms with Crippen LogP contribution in [0.4, 0.5) is 4.39 Å². The molecule has 0 radical (unpaired) electrons. The summed E-state index contributed by atoms with van der Waals surface area (Å²) in [5.41, 5.74) is 1.38. The van der Waals surface area contributed by atoms with E-state index in [0.29, 0.717) is 37.5 Å². The molecule has 0 bridgehead atoms. The molecule has 1 aliphatic heterocycles. The first-order valence-corrected chi connectivity index (χ1v) is 8.28. The Bertz CT molecular complexity index is 603. The number of carbonyl (C=O) groups is 2. The summed E-state index contributed by atoms with van der Waals surface area (Å²) in [4.78, 5) is 25.9. The highest BCUT2D eigenvalue weighted by Crippen LogP contribution is 2.34. The maximum absolute atomic E-state index is 12.9. The van der Waals surface area contributed by atoms with Crippen molar-refractivity contribution in [2.45, 2.75) is 51.2 Å². The van der Waals surface area contributed by atoms with E-state index in [9.17, 15) is 14.0 Å². The fourth-order valence-electron chi connectivity index (χ4n) is 2.88. The molecular formula is C16H23FN4O2. The zero-order valence-corrected chi connectivity index (χ0v) is 13.5. The first-order valence-electron chi connectivity index (χ1n) is 8.28. The van der Waals surface area contributed by atoms with E-state index in [1.807, 2.05) is 0 Å². The van der Waals surface area contributed by atoms with Gasteiger partial charge in [0.25, 0.3) is 5.91 Å². The Labute approximate surface area is 134 Å². The molecule has 6 nitrogen and oxygen atoms in total. The van der Waals surface area contributed by atoms with E-state index in [1.165, 1.54) is 0 Å². The number of nitrogens with one attached hydrogen (secondary N) is 2. The summed E-state index contributed by atoms with van der Waals surface area (Å²) in [6.07, 6.45) is 1.01. The smallest absolute Gasteiger partial charge is 0.271 e. The van der Waals surface area contributed by atoms with Gasteiger partial charge in [-0.15, -0.1) is 0 Å². The number of alkyl halides is 1. The van der Waals surface area contributed by atoms with E-state index in [-0.39, 0.29) is 17.9 Å². The van der Waals surface area contributed by atoms with Crippen molar-refractivity contribution in [1.82, 2.24) is 20.4 Å². The van der Waals surface area contributed by atoms with Gasteiger partial charge in [-0.2, -0.15) is 5.10 Å². The second-order valence-electron chi connectivity index (χ2n) is 6.62. The molecule has 126 valence electrons. The minimum atomic E-state index is -0.988. The first-order chi connectivity index (χ1) is 11.0. The van der Waals surface area contributed by atoms with Gasteiger partial charge >= 0.3 is 0 Å². The SMILES string of the molecule is CCC(C)c1cc(C(=O)N2CC[C@@H](NC(=O)[C@H]3C[C@H]3F)C2)[nH]n1. The highest BCUT2D eigenvalue weighted by molar-refractivity contribution is 5.92. The molecule has 1 aliphatic carbocycles. The molecule has 2 aliphatic rings. The molecule has 2 fully saturated rings. The fraction of sp³-hybridized carbons (Fsp3) is 0.688. The average Bonchev–Trinajstić information content (AvgIpc) is 2.98. The molecule has 23 heavy (non-hydrogen) atoms. The molecule has 1 unspecified atom stereocenters. The van der Waals surface area contributed by atoms with Gasteiger partial charge in [0.2, 0.25) is 5.91 Å². The Morgan fingerprint density at radius 3 is 2.96 bits per heavy atom. The standard InChI is InChI=1S/C16H23FN4O2/c1-3-9(2)13-7-14(20-19-13)16(23)21-5-4-10(8-21)18-15(22)11-6-12(11)17/h7,9-12H,3-6,8H2,1-2H3,(H,18,22)(H,19,20)/t9?,10-,11+,12-/m1/s1. The molecule has 1 aromatic heterocycles. The third-order valence-electron chi connectivity index (χ3n) is 4.82. The number of likely N-dealkylation sites (tertiary alicyclic amines) is 1. The number of H-pyrrole nitrogens is 1. The zero-order chi connectivity index (χ0) is 16.6. The molecule has 0 spiro atoms. The monoisotopic (exact) mass is 322 g/mol. The van der Waals surface area contributed by atoms with Gasteiger partial charge < -0.3 is 10.2 Å². The lowest BCUT2D eigenvalue weighted by molar-refractivity contribution is -0.123. The van der Waals surface area contributed by atoms with Crippen LogP contribution in [0.25, 0.3) is 0 Å². The molecule has 3 rings (SSSR count). The topological polar surface area (TPSA) is 78.1 Å². The summed E-state index contributed by atoms with van der Waals surface area (Å²) in [7, 11) is 0. The van der Waals surface area contributed by atoms with Crippen LogP contribution in [0.3, 0.4) is 0 Å². The van der Waals surface area contributed by atoms with Crippen LogP contribution >= 0.6 is 0 Å². The van der Waals surface area contributed by atoms with E-state index in [2.05, 4.69) is 29.4 Å². The van der Waals surface area contributed by atoms with Crippen LogP contribution in [0.5, 0.6) is 0 Å². The van der Waals surface area contributed by atoms with Crippen molar-refractivity contribution >= 4 is 11.8 Å². The van der Waals surface area contributed by atoms with Crippen molar-refractivity contribution < 1.29 is 14.0 Å². The first kappa shape index (κ1) is 16.0. The lowest BCUT2D eigenvalue weighted by Gasteiger charge is -2.16. The van der Waals surface area contributed by atoms with Crippen molar-refractivity contribution in [2.75, 3.05) is 13.1 Å². The van der Waals surface area contributed by atoms with Crippen molar-refractivity contribution in [2.24, 2.45) is 5.92 Å². The molecular weight excluding hydrogens is 299 g/mol. The third-order valence-corrected chi connectivity index (χ3v) is 4.82. The summed E-state index contributed by atoms with van der Waals surface area (Å²) in [6, 6.07) is 1.72. The highest BCUT2D eigenvalue weighted by atomic mass is 19.1. The number of amides is 2. The minimum absolute atomic E-state index is 0.0868. The van der Waals surface area contributed by atoms with E-state index in [0.717, 1.165) is 12.1 Å². The number of nitrogens with zero attached hydrogens (tertiary/aromatic N) is 2. The van der Waals surface area contributed by atoms with E-state index < -0.39 is 12.1 Å². The lowest BCUT2D eigenvalue weighted by Crippen LogP contribution is -2.39. The molecule has 7 heteroatoms. The number of carbonyl (C=O) groups excluding carboxylic acids is 2. The Morgan fingerprint density at radius 2 is 2.30 bits per heavy atom. The van der Waals surface area contributed by atoms with Crippen LogP contribution in [-0.4, -0.2) is 52.2 Å². The van der Waals surface area contributed by atoms with E-state index >= 15 is 0 Å². The van der Waals surface area contributed by atoms with Crippen molar-refractivity contribution in [1.29, 1.82) is 0 Å². The van der Waals surface area contributed by atoms with Crippen LogP contribution in [0, 0.1) is 5.92 Å². The van der Waals surface area contributed by atoms with Gasteiger partial charge in [-0.25, -0.2) is 4.39 Å². The minimum Gasteiger partial charge on any atom is -0.351 e. The molecule has 1 aromatic rings. The second-order valence-corrected chi connectivity index (χ2v) is 6.62. The summed E-state index contributed by atoms with van der Waals surface area (Å²) in [6.45, 7) is 5.20. The molecule has 2 amide bonds. The summed E-state index contributed by atoms with van der Waals surface area (Å²) >= 11 is 0. The highest BCUT2D eigenvalue weighted by Gasteiger charge is 2.44. The van der Waals surface area contributed by atoms with Gasteiger partial charge in [-0.1, -0.05) is 13.8 Å². The van der Waals surface area contributed by atoms with Gasteiger partial charge in [0.15, 0.2) is 0 Å². The van der Waals surface area contributed by atoms with Crippen molar-refractivity contribution in [3.8, 4) is 0 Å². The quantitative estimate of drug-likeness (QED) is 0.864. The van der Waals surface area contributed by atoms with Crippen LogP contribution in [0.2, 0.25) is 0 Å². The maximum atomic E-state index is 12.9. The Kier molecular flexibility index (Phi) is 4.37. The zero-order valence-electron chi connectivity index (χ0n) is 13.5. The van der Waals surface area contributed by atoms with Gasteiger partial charge in [0.1, 0.15) is 11.9 Å². The fourth-order valence-corrected chi connectivity index (χ4v) is 2.88. The van der Waals surface area contributed by atoms with Crippen LogP contribution < -0.4 is 5.32 Å². The van der Waals surface area contributed by atoms with E-state index in [1.54, 1.807) is 11.0 Å². The van der Waals surface area contributed by atoms with Gasteiger partial charge in [-0.3, -0.25) is 14.7 Å². The Balaban J connectivity index is 1.54. The number of aromatic nitrogens is 2. The van der Waals surface area contributed by atoms with Crippen LogP contribution in [0.1, 0.15) is 55.2 Å². The van der Waals surface area contributed by atoms with Gasteiger partial charge in [0, 0.05) is 19.1 Å². The third kappa shape index (κ3) is 3.38. The average molecular weight is 322 g/mol. The Morgan fingerprint density at radius 1 is 1.57 bits per heavy atom. The number of aromatic amines is 1. The molecule has 0 aromatic carbocycles. The number of halogens is 1. The number of rotatable bonds is 5. The maximum Gasteiger partial charge on any atom is 0.271 e. The summed E-state index contributed by atoms with van der Waals surface area (Å²) in [5.74, 6) is -0.493. The second kappa shape index (κ2) is 6.29. The molecule has 2 heterocycles. The van der Waals surface area contributed by atoms with Gasteiger partial charge in [-0.05, 0) is 31.2 Å².